The zero-order valence-electron chi connectivity index (χ0n) is 12.2. The largest absolute Gasteiger partial charge is 0.481 e. The Balaban J connectivity index is 1.62. The number of aromatic nitrogens is 3. The van der Waals surface area contributed by atoms with E-state index in [0.29, 0.717) is 24.1 Å². The van der Waals surface area contributed by atoms with Gasteiger partial charge in [-0.3, -0.25) is 9.78 Å². The average Bonchev–Trinajstić information content (AvgIpc) is 3.35. The highest BCUT2D eigenvalue weighted by molar-refractivity contribution is 5.84. The van der Waals surface area contributed by atoms with Gasteiger partial charge in [0, 0.05) is 17.8 Å². The summed E-state index contributed by atoms with van der Waals surface area (Å²) in [5.41, 5.74) is -1.10. The predicted octanol–water partition coefficient (Wildman–Crippen LogP) is 2.59. The SMILES string of the molecule is O=C(O)C1(c2ccc(OCc3ccc(C(F)(F)F)nc3)nn2)CC1. The third-order valence-electron chi connectivity index (χ3n) is 3.79. The summed E-state index contributed by atoms with van der Waals surface area (Å²) >= 11 is 0. The molecule has 1 fully saturated rings. The first-order valence-electron chi connectivity index (χ1n) is 7.04. The molecular weight excluding hydrogens is 327 g/mol. The fraction of sp³-hybridized carbons (Fsp3) is 0.333. The maximum absolute atomic E-state index is 12.4. The molecule has 9 heteroatoms. The topological polar surface area (TPSA) is 85.2 Å². The Morgan fingerprint density at radius 1 is 1.21 bits per heavy atom. The second kappa shape index (κ2) is 5.73. The highest BCUT2D eigenvalue weighted by atomic mass is 19.4. The summed E-state index contributed by atoms with van der Waals surface area (Å²) in [6.45, 7) is -0.0246. The second-order valence-corrected chi connectivity index (χ2v) is 5.48. The molecule has 2 heterocycles. The molecule has 24 heavy (non-hydrogen) atoms. The van der Waals surface area contributed by atoms with Crippen molar-refractivity contribution in [3.05, 3.63) is 47.4 Å². The van der Waals surface area contributed by atoms with Gasteiger partial charge in [0.2, 0.25) is 5.88 Å². The van der Waals surface area contributed by atoms with Crippen molar-refractivity contribution >= 4 is 5.97 Å². The predicted molar refractivity (Wildman–Crippen MR) is 74.2 cm³/mol. The molecule has 1 aliphatic carbocycles. The molecular formula is C15H12F3N3O3. The summed E-state index contributed by atoms with van der Waals surface area (Å²) in [6.07, 6.45) is -2.36. The minimum Gasteiger partial charge on any atom is -0.481 e. The Bertz CT molecular complexity index is 741. The molecule has 1 N–H and O–H groups in total. The van der Waals surface area contributed by atoms with Crippen LogP contribution in [0.25, 0.3) is 0 Å². The Kier molecular flexibility index (Phi) is 3.86. The van der Waals surface area contributed by atoms with Crippen molar-refractivity contribution in [3.8, 4) is 5.88 Å². The van der Waals surface area contributed by atoms with Crippen LogP contribution in [0.3, 0.4) is 0 Å². The first kappa shape index (κ1) is 16.2. The number of hydrogen-bond acceptors (Lipinski definition) is 5. The van der Waals surface area contributed by atoms with Crippen LogP contribution >= 0.6 is 0 Å². The molecule has 2 aromatic heterocycles. The van der Waals surface area contributed by atoms with Gasteiger partial charge in [-0.15, -0.1) is 5.10 Å². The van der Waals surface area contributed by atoms with Crippen molar-refractivity contribution < 1.29 is 27.8 Å². The van der Waals surface area contributed by atoms with Gasteiger partial charge >= 0.3 is 12.1 Å². The number of rotatable bonds is 5. The van der Waals surface area contributed by atoms with Gasteiger partial charge < -0.3 is 9.84 Å². The lowest BCUT2D eigenvalue weighted by Gasteiger charge is -2.10. The van der Waals surface area contributed by atoms with Crippen LogP contribution in [0.2, 0.25) is 0 Å². The van der Waals surface area contributed by atoms with Crippen LogP contribution in [0.5, 0.6) is 5.88 Å². The number of halogens is 3. The molecule has 1 aliphatic rings. The lowest BCUT2D eigenvalue weighted by molar-refractivity contribution is -0.141. The van der Waals surface area contributed by atoms with Crippen molar-refractivity contribution in [1.29, 1.82) is 0 Å². The van der Waals surface area contributed by atoms with E-state index in [-0.39, 0.29) is 12.5 Å². The van der Waals surface area contributed by atoms with Crippen LogP contribution in [-0.2, 0) is 23.0 Å². The number of carbonyl (C=O) groups is 1. The minimum absolute atomic E-state index is 0.0246. The van der Waals surface area contributed by atoms with Crippen LogP contribution in [-0.4, -0.2) is 26.3 Å². The number of pyridine rings is 1. The molecule has 126 valence electrons. The zero-order chi connectivity index (χ0) is 17.4. The standard InChI is InChI=1S/C15H12F3N3O3/c16-15(17,18)11-2-1-9(7-19-11)8-24-12-4-3-10(20-21-12)14(5-6-14)13(22)23/h1-4,7H,5-6,8H2,(H,22,23). The first-order chi connectivity index (χ1) is 11.3. The van der Waals surface area contributed by atoms with Gasteiger partial charge in [0.1, 0.15) is 17.7 Å². The summed E-state index contributed by atoms with van der Waals surface area (Å²) in [6, 6.07) is 5.16. The lowest BCUT2D eigenvalue weighted by atomic mass is 10.0. The van der Waals surface area contributed by atoms with Crippen molar-refractivity contribution in [2.45, 2.75) is 31.0 Å². The molecule has 2 aromatic rings. The summed E-state index contributed by atoms with van der Waals surface area (Å²) in [7, 11) is 0. The average molecular weight is 339 g/mol. The van der Waals surface area contributed by atoms with E-state index in [1.54, 1.807) is 0 Å². The lowest BCUT2D eigenvalue weighted by Crippen LogP contribution is -2.21. The van der Waals surface area contributed by atoms with Crippen LogP contribution in [0.4, 0.5) is 13.2 Å². The quantitative estimate of drug-likeness (QED) is 0.901. The second-order valence-electron chi connectivity index (χ2n) is 5.48. The van der Waals surface area contributed by atoms with E-state index in [9.17, 15) is 23.1 Å². The number of nitrogens with zero attached hydrogens (tertiary/aromatic N) is 3. The highest BCUT2D eigenvalue weighted by Crippen LogP contribution is 2.47. The molecule has 0 radical (unpaired) electrons. The van der Waals surface area contributed by atoms with Gasteiger partial charge in [-0.05, 0) is 25.0 Å². The number of carboxylic acid groups (broad SMARTS) is 1. The molecule has 0 bridgehead atoms. The van der Waals surface area contributed by atoms with Crippen molar-refractivity contribution in [1.82, 2.24) is 15.2 Å². The molecule has 0 aliphatic heterocycles. The molecule has 0 spiro atoms. The van der Waals surface area contributed by atoms with Crippen LogP contribution < -0.4 is 4.74 Å². The Labute approximate surface area is 134 Å². The minimum atomic E-state index is -4.48. The number of alkyl halides is 3. The maximum atomic E-state index is 12.4. The normalized spacial score (nSPS) is 15.8. The van der Waals surface area contributed by atoms with Crippen LogP contribution in [0.1, 0.15) is 29.8 Å². The number of aliphatic carboxylic acids is 1. The molecule has 3 rings (SSSR count). The smallest absolute Gasteiger partial charge is 0.433 e. The number of hydrogen-bond donors (Lipinski definition) is 1. The van der Waals surface area contributed by atoms with Crippen LogP contribution in [0, 0.1) is 0 Å². The Morgan fingerprint density at radius 3 is 2.42 bits per heavy atom. The fourth-order valence-corrected chi connectivity index (χ4v) is 2.19. The van der Waals surface area contributed by atoms with E-state index in [4.69, 9.17) is 4.74 Å². The summed E-state index contributed by atoms with van der Waals surface area (Å²) in [5.74, 6) is -0.777. The van der Waals surface area contributed by atoms with Crippen molar-refractivity contribution in [2.24, 2.45) is 0 Å². The van der Waals surface area contributed by atoms with Gasteiger partial charge in [-0.1, -0.05) is 6.07 Å². The van der Waals surface area contributed by atoms with E-state index in [1.165, 1.54) is 18.2 Å². The van der Waals surface area contributed by atoms with E-state index in [1.807, 2.05) is 0 Å². The van der Waals surface area contributed by atoms with Gasteiger partial charge in [0.25, 0.3) is 0 Å². The monoisotopic (exact) mass is 339 g/mol. The molecule has 0 unspecified atom stereocenters. The molecule has 1 saturated carbocycles. The van der Waals surface area contributed by atoms with Crippen molar-refractivity contribution in [3.63, 3.8) is 0 Å². The Morgan fingerprint density at radius 2 is 1.96 bits per heavy atom. The number of carboxylic acids is 1. The van der Waals surface area contributed by atoms with E-state index >= 15 is 0 Å². The Hall–Kier alpha value is -2.71. The molecule has 0 saturated heterocycles. The zero-order valence-corrected chi connectivity index (χ0v) is 12.2. The summed E-state index contributed by atoms with van der Waals surface area (Å²) < 4.78 is 42.6. The molecule has 0 aromatic carbocycles. The third-order valence-corrected chi connectivity index (χ3v) is 3.79. The van der Waals surface area contributed by atoms with Crippen molar-refractivity contribution in [2.75, 3.05) is 0 Å². The molecule has 0 amide bonds. The fourth-order valence-electron chi connectivity index (χ4n) is 2.19. The van der Waals surface area contributed by atoms with E-state index in [0.717, 1.165) is 12.3 Å². The van der Waals surface area contributed by atoms with E-state index < -0.39 is 23.3 Å². The highest BCUT2D eigenvalue weighted by Gasteiger charge is 2.53. The van der Waals surface area contributed by atoms with E-state index in [2.05, 4.69) is 15.2 Å². The maximum Gasteiger partial charge on any atom is 0.433 e. The summed E-state index contributed by atoms with van der Waals surface area (Å²) in [4.78, 5) is 14.5. The van der Waals surface area contributed by atoms with Gasteiger partial charge in [-0.25, -0.2) is 0 Å². The first-order valence-corrected chi connectivity index (χ1v) is 7.04. The third kappa shape index (κ3) is 3.15. The van der Waals surface area contributed by atoms with Gasteiger partial charge in [-0.2, -0.15) is 18.3 Å². The van der Waals surface area contributed by atoms with Gasteiger partial charge in [0.05, 0.1) is 5.69 Å². The van der Waals surface area contributed by atoms with Gasteiger partial charge in [0.15, 0.2) is 0 Å². The molecule has 0 atom stereocenters. The molecule has 6 nitrogen and oxygen atoms in total. The summed E-state index contributed by atoms with van der Waals surface area (Å²) in [5, 5.41) is 16.8. The number of ether oxygens (including phenoxy) is 1. The van der Waals surface area contributed by atoms with Crippen LogP contribution in [0.15, 0.2) is 30.5 Å².